The van der Waals surface area contributed by atoms with Crippen molar-refractivity contribution in [3.05, 3.63) is 0 Å². The average Bonchev–Trinajstić information content (AvgIpc) is 2.46. The van der Waals surface area contributed by atoms with Gasteiger partial charge < -0.3 is 0 Å². The molecule has 0 rings (SSSR count). The molecule has 0 bridgehead atoms. The molecule has 0 nitrogen and oxygen atoms in total. The summed E-state index contributed by atoms with van der Waals surface area (Å²) in [7, 11) is 0. The molecule has 0 aromatic carbocycles. The molecule has 0 amide bonds. The van der Waals surface area contributed by atoms with Gasteiger partial charge >= 0.3 is 105 Å². The van der Waals surface area contributed by atoms with Gasteiger partial charge in [-0.15, -0.1) is 0 Å². The summed E-state index contributed by atoms with van der Waals surface area (Å²) in [6.45, 7) is 2.30. The molecule has 0 aliphatic carbocycles. The van der Waals surface area contributed by atoms with Crippen molar-refractivity contribution < 1.29 is 0 Å². The number of unbranched alkanes of at least 4 members (excludes halogenated alkanes) is 15. The van der Waals surface area contributed by atoms with Crippen molar-refractivity contribution in [1.29, 1.82) is 0 Å². The van der Waals surface area contributed by atoms with Crippen LogP contribution in [0.15, 0.2) is 0 Å². The molecule has 0 aliphatic heterocycles. The zero-order valence-corrected chi connectivity index (χ0v) is 18.9. The van der Waals surface area contributed by atoms with E-state index in [0.29, 0.717) is 0 Å². The van der Waals surface area contributed by atoms with Crippen molar-refractivity contribution >= 4 is 19.8 Å². The van der Waals surface area contributed by atoms with Crippen LogP contribution in [0.4, 0.5) is 0 Å². The van der Waals surface area contributed by atoms with Gasteiger partial charge in [-0.25, -0.2) is 0 Å². The minimum atomic E-state index is -0.859. The predicted molar refractivity (Wildman–Crippen MR) is 103 cm³/mol. The molecular formula is C20H44Sn. The van der Waals surface area contributed by atoms with Crippen LogP contribution >= 0.6 is 0 Å². The molecule has 0 N–H and O–H groups in total. The summed E-state index contributed by atoms with van der Waals surface area (Å²) in [5.41, 5.74) is 0. The Morgan fingerprint density at radius 2 is 0.714 bits per heavy atom. The van der Waals surface area contributed by atoms with Crippen LogP contribution in [0.5, 0.6) is 0 Å². The normalized spacial score (nSPS) is 11.4. The first kappa shape index (κ1) is 21.8. The second kappa shape index (κ2) is 18.8. The molecule has 0 heterocycles. The fourth-order valence-electron chi connectivity index (χ4n) is 3.10. The summed E-state index contributed by atoms with van der Waals surface area (Å²) in [5.74, 6) is 0. The summed E-state index contributed by atoms with van der Waals surface area (Å²) >= 11 is -0.859. The topological polar surface area (TPSA) is 0 Å². The third-order valence-electron chi connectivity index (χ3n) is 4.64. The minimum absolute atomic E-state index is 0.859. The van der Waals surface area contributed by atoms with Gasteiger partial charge in [0.05, 0.1) is 0 Å². The molecule has 1 heteroatoms. The molecule has 0 radical (unpaired) electrons. The van der Waals surface area contributed by atoms with Crippen LogP contribution in [0.2, 0.25) is 14.3 Å². The van der Waals surface area contributed by atoms with Crippen molar-refractivity contribution in [2.75, 3.05) is 0 Å². The third-order valence-corrected chi connectivity index (χ3v) is 9.10. The number of hydrogen-bond donors (Lipinski definition) is 0. The van der Waals surface area contributed by atoms with Crippen molar-refractivity contribution in [2.45, 2.75) is 124 Å². The molecular weight excluding hydrogens is 359 g/mol. The molecule has 21 heavy (non-hydrogen) atoms. The Balaban J connectivity index is 2.93. The van der Waals surface area contributed by atoms with Crippen LogP contribution in [-0.4, -0.2) is 19.8 Å². The summed E-state index contributed by atoms with van der Waals surface area (Å²) in [6, 6.07) is 0. The average molecular weight is 403 g/mol. The molecule has 0 aromatic rings. The van der Waals surface area contributed by atoms with Crippen LogP contribution in [0.25, 0.3) is 0 Å². The van der Waals surface area contributed by atoms with Crippen LogP contribution in [0, 0.1) is 0 Å². The Morgan fingerprint density at radius 1 is 0.429 bits per heavy atom. The van der Waals surface area contributed by atoms with Gasteiger partial charge in [-0.2, -0.15) is 0 Å². The molecule has 0 aromatic heterocycles. The first-order valence-corrected chi connectivity index (χ1v) is 19.2. The van der Waals surface area contributed by atoms with Gasteiger partial charge in [-0.1, -0.05) is 39.0 Å². The van der Waals surface area contributed by atoms with E-state index in [2.05, 4.69) is 16.8 Å². The van der Waals surface area contributed by atoms with E-state index in [1.165, 1.54) is 96.3 Å². The molecule has 0 spiro atoms. The first-order valence-electron chi connectivity index (χ1n) is 10.3. The molecule has 0 atom stereocenters. The van der Waals surface area contributed by atoms with E-state index in [1.807, 2.05) is 0 Å². The molecule has 0 saturated carbocycles. The van der Waals surface area contributed by atoms with Crippen LogP contribution in [0.1, 0.15) is 110 Å². The van der Waals surface area contributed by atoms with Crippen molar-refractivity contribution in [1.82, 2.24) is 0 Å². The Morgan fingerprint density at radius 3 is 1.00 bits per heavy atom. The summed E-state index contributed by atoms with van der Waals surface area (Å²) < 4.78 is 1.64. The molecule has 128 valence electrons. The van der Waals surface area contributed by atoms with E-state index in [4.69, 9.17) is 0 Å². The van der Waals surface area contributed by atoms with Gasteiger partial charge in [0.15, 0.2) is 0 Å². The monoisotopic (exact) mass is 404 g/mol. The van der Waals surface area contributed by atoms with E-state index in [-0.39, 0.29) is 0 Å². The Kier molecular flexibility index (Phi) is 19.6. The van der Waals surface area contributed by atoms with E-state index in [1.54, 1.807) is 10.9 Å². The van der Waals surface area contributed by atoms with Crippen molar-refractivity contribution in [3.63, 3.8) is 0 Å². The van der Waals surface area contributed by atoms with E-state index in [0.717, 1.165) is 0 Å². The van der Waals surface area contributed by atoms with E-state index >= 15 is 0 Å². The van der Waals surface area contributed by atoms with Crippen molar-refractivity contribution in [3.8, 4) is 0 Å². The number of rotatable bonds is 17. The van der Waals surface area contributed by atoms with E-state index < -0.39 is 19.8 Å². The third kappa shape index (κ3) is 20.8. The molecule has 0 saturated heterocycles. The second-order valence-corrected chi connectivity index (χ2v) is 17.1. The number of hydrogen-bond acceptors (Lipinski definition) is 0. The standard InChI is InChI=1S/C18H37.2CH3.Sn.H/c1-3-5-7-9-11-13-15-17-18-16-14-12-10-8-6-4-2;;;;/h1,3-18H2,2H3;2*1H3;;. The molecule has 0 fully saturated rings. The van der Waals surface area contributed by atoms with Gasteiger partial charge in [0.25, 0.3) is 0 Å². The quantitative estimate of drug-likeness (QED) is 0.172. The predicted octanol–water partition coefficient (Wildman–Crippen LogP) is 7.73. The van der Waals surface area contributed by atoms with Gasteiger partial charge in [0.1, 0.15) is 0 Å². The Labute approximate surface area is 143 Å². The maximum atomic E-state index is 2.55. The zero-order valence-electron chi connectivity index (χ0n) is 15.6. The van der Waals surface area contributed by atoms with Crippen molar-refractivity contribution in [2.24, 2.45) is 0 Å². The van der Waals surface area contributed by atoms with Gasteiger partial charge in [0, 0.05) is 0 Å². The van der Waals surface area contributed by atoms with E-state index in [9.17, 15) is 0 Å². The fourth-order valence-corrected chi connectivity index (χ4v) is 6.25. The second-order valence-electron chi connectivity index (χ2n) is 7.49. The maximum absolute atomic E-state index is 2.55. The Hall–Kier alpha value is 0.799. The zero-order chi connectivity index (χ0) is 15.6. The van der Waals surface area contributed by atoms with Crippen LogP contribution in [-0.2, 0) is 0 Å². The first-order chi connectivity index (χ1) is 10.3. The summed E-state index contributed by atoms with van der Waals surface area (Å²) in [4.78, 5) is 5.10. The Bertz CT molecular complexity index is 177. The molecule has 0 unspecified atom stereocenters. The van der Waals surface area contributed by atoms with Gasteiger partial charge in [-0.3, -0.25) is 0 Å². The fraction of sp³-hybridized carbons (Fsp3) is 1.00. The molecule has 0 aliphatic rings. The summed E-state index contributed by atoms with van der Waals surface area (Å²) in [5, 5.41) is 0. The summed E-state index contributed by atoms with van der Waals surface area (Å²) in [6.07, 6.45) is 23.8. The van der Waals surface area contributed by atoms with Crippen LogP contribution in [0.3, 0.4) is 0 Å². The SMILES string of the molecule is CCCCCCCCCCCCCCCCC[CH2][SnH]([CH3])[CH3]. The van der Waals surface area contributed by atoms with Gasteiger partial charge in [0.2, 0.25) is 0 Å². The van der Waals surface area contributed by atoms with Gasteiger partial charge in [-0.05, 0) is 0 Å². The van der Waals surface area contributed by atoms with Crippen LogP contribution < -0.4 is 0 Å².